The fourth-order valence-corrected chi connectivity index (χ4v) is 3.65. The number of carbonyl (C=O) groups is 1. The first-order valence-corrected chi connectivity index (χ1v) is 10.8. The van der Waals surface area contributed by atoms with Gasteiger partial charge < -0.3 is 19.9 Å². The lowest BCUT2D eigenvalue weighted by molar-refractivity contribution is 0.214. The molecule has 2 amide bonds. The molecule has 1 fully saturated rings. The Bertz CT molecular complexity index is 1050. The number of hydrogen-bond donors (Lipinski definition) is 1. The maximum absolute atomic E-state index is 12.7. The lowest BCUT2D eigenvalue weighted by atomic mass is 10.0. The number of nitrogens with two attached hydrogens (primary N) is 1. The number of urea groups is 1. The third kappa shape index (κ3) is 5.16. The monoisotopic (exact) mass is 436 g/mol. The highest BCUT2D eigenvalue weighted by Crippen LogP contribution is 2.23. The fourth-order valence-electron chi connectivity index (χ4n) is 3.65. The number of amides is 2. The first-order valence-electron chi connectivity index (χ1n) is 10.8. The zero-order valence-corrected chi connectivity index (χ0v) is 18.4. The molecule has 0 bridgehead atoms. The summed E-state index contributed by atoms with van der Waals surface area (Å²) in [4.78, 5) is 24.6. The molecular formula is C23H28N6O3. The van der Waals surface area contributed by atoms with Gasteiger partial charge in [0.25, 0.3) is 0 Å². The summed E-state index contributed by atoms with van der Waals surface area (Å²) in [5.41, 5.74) is 7.43. The second-order valence-corrected chi connectivity index (χ2v) is 8.05. The van der Waals surface area contributed by atoms with Gasteiger partial charge in [0.2, 0.25) is 11.7 Å². The molecule has 3 heterocycles. The summed E-state index contributed by atoms with van der Waals surface area (Å²) in [6.07, 6.45) is 3.47. The summed E-state index contributed by atoms with van der Waals surface area (Å²) in [5.74, 6) is 2.78. The van der Waals surface area contributed by atoms with Gasteiger partial charge in [-0.05, 0) is 49.1 Å². The van der Waals surface area contributed by atoms with Crippen LogP contribution in [0.5, 0.6) is 5.75 Å². The normalized spacial score (nSPS) is 14.8. The molecule has 9 heteroatoms. The van der Waals surface area contributed by atoms with Crippen molar-refractivity contribution in [3.63, 3.8) is 0 Å². The van der Waals surface area contributed by atoms with Crippen molar-refractivity contribution in [1.82, 2.24) is 20.0 Å². The predicted octanol–water partition coefficient (Wildman–Crippen LogP) is 3.76. The van der Waals surface area contributed by atoms with Crippen molar-refractivity contribution in [1.29, 1.82) is 0 Å². The highest BCUT2D eigenvalue weighted by Gasteiger charge is 2.29. The number of rotatable bonds is 9. The lowest BCUT2D eigenvalue weighted by Crippen LogP contribution is -2.33. The number of carbonyl (C=O) groups excluding carboxylic acids is 1. The minimum Gasteiger partial charge on any atom is -0.494 e. The number of pyridine rings is 1. The molecule has 4 rings (SSSR count). The Balaban J connectivity index is 1.19. The van der Waals surface area contributed by atoms with E-state index in [1.165, 1.54) is 0 Å². The van der Waals surface area contributed by atoms with Crippen LogP contribution in [0.3, 0.4) is 0 Å². The molecule has 2 N–H and O–H groups in total. The van der Waals surface area contributed by atoms with Crippen molar-refractivity contribution in [3.8, 4) is 17.1 Å². The van der Waals surface area contributed by atoms with Gasteiger partial charge in [-0.25, -0.2) is 9.78 Å². The third-order valence-corrected chi connectivity index (χ3v) is 5.58. The first kappa shape index (κ1) is 21.6. The number of benzene rings is 1. The van der Waals surface area contributed by atoms with Crippen LogP contribution < -0.4 is 15.4 Å². The maximum atomic E-state index is 12.7. The lowest BCUT2D eigenvalue weighted by Gasteiger charge is -2.20. The Labute approximate surface area is 187 Å². The summed E-state index contributed by atoms with van der Waals surface area (Å²) in [5, 5.41) is 3.92. The van der Waals surface area contributed by atoms with Gasteiger partial charge in [0, 0.05) is 44.4 Å². The Morgan fingerprint density at radius 1 is 1.19 bits per heavy atom. The summed E-state index contributed by atoms with van der Waals surface area (Å²) in [6.45, 7) is 6.69. The molecule has 32 heavy (non-hydrogen) atoms. The summed E-state index contributed by atoms with van der Waals surface area (Å²) >= 11 is 0. The number of aromatic nitrogens is 3. The average Bonchev–Trinajstić information content (AvgIpc) is 3.38. The van der Waals surface area contributed by atoms with Crippen molar-refractivity contribution in [2.45, 2.75) is 26.7 Å². The molecule has 3 aromatic rings. The van der Waals surface area contributed by atoms with Crippen molar-refractivity contribution in [2.24, 2.45) is 5.92 Å². The van der Waals surface area contributed by atoms with E-state index in [9.17, 15) is 4.79 Å². The highest BCUT2D eigenvalue weighted by molar-refractivity contribution is 5.94. The van der Waals surface area contributed by atoms with E-state index in [1.807, 2.05) is 35.2 Å². The Morgan fingerprint density at radius 2 is 2.00 bits per heavy atom. The topological polar surface area (TPSA) is 111 Å². The minimum absolute atomic E-state index is 0.0240. The van der Waals surface area contributed by atoms with Gasteiger partial charge in [-0.15, -0.1) is 0 Å². The number of nitrogens with zero attached hydrogens (tertiary/aromatic N) is 5. The fraction of sp³-hybridized carbons (Fsp3) is 0.391. The molecule has 2 aromatic heterocycles. The van der Waals surface area contributed by atoms with E-state index in [4.69, 9.17) is 15.0 Å². The predicted molar refractivity (Wildman–Crippen MR) is 121 cm³/mol. The van der Waals surface area contributed by atoms with Crippen molar-refractivity contribution in [3.05, 3.63) is 48.5 Å². The summed E-state index contributed by atoms with van der Waals surface area (Å²) in [6, 6.07) is 11.2. The van der Waals surface area contributed by atoms with Gasteiger partial charge in [-0.2, -0.15) is 4.98 Å². The van der Waals surface area contributed by atoms with Gasteiger partial charge >= 0.3 is 6.03 Å². The molecule has 168 valence electrons. The average molecular weight is 437 g/mol. The molecule has 1 unspecified atom stereocenters. The van der Waals surface area contributed by atoms with Gasteiger partial charge in [0.15, 0.2) is 0 Å². The second-order valence-electron chi connectivity index (χ2n) is 8.05. The van der Waals surface area contributed by atoms with E-state index in [2.05, 4.69) is 22.0 Å². The summed E-state index contributed by atoms with van der Waals surface area (Å²) in [7, 11) is 0. The number of anilines is 2. The molecule has 0 spiro atoms. The van der Waals surface area contributed by atoms with E-state index < -0.39 is 0 Å². The van der Waals surface area contributed by atoms with E-state index in [1.54, 1.807) is 24.1 Å². The van der Waals surface area contributed by atoms with Crippen LogP contribution in [0.15, 0.2) is 47.1 Å². The van der Waals surface area contributed by atoms with Gasteiger partial charge in [-0.1, -0.05) is 12.1 Å². The van der Waals surface area contributed by atoms with Crippen LogP contribution in [-0.2, 0) is 0 Å². The molecule has 1 aliphatic heterocycles. The number of ether oxygens (including phenoxy) is 1. The van der Waals surface area contributed by atoms with Gasteiger partial charge in [-0.3, -0.25) is 4.90 Å². The van der Waals surface area contributed by atoms with Gasteiger partial charge in [0.1, 0.15) is 11.6 Å². The molecule has 0 radical (unpaired) electrons. The van der Waals surface area contributed by atoms with Crippen LogP contribution in [0, 0.1) is 12.8 Å². The smallest absolute Gasteiger partial charge is 0.324 e. The van der Waals surface area contributed by atoms with Crippen LogP contribution in [0.2, 0.25) is 0 Å². The van der Waals surface area contributed by atoms with Crippen LogP contribution >= 0.6 is 0 Å². The maximum Gasteiger partial charge on any atom is 0.324 e. The third-order valence-electron chi connectivity index (χ3n) is 5.58. The SMILES string of the molecule is Cc1nc(-c2ccc(OCCC(C)CCN3CCN(c4ccnc(N)c4)C3=O)cc2)no1. The Morgan fingerprint density at radius 3 is 2.72 bits per heavy atom. The zero-order chi connectivity index (χ0) is 22.5. The Hall–Kier alpha value is -3.62. The number of nitrogen functional groups attached to an aromatic ring is 1. The molecule has 1 saturated heterocycles. The zero-order valence-electron chi connectivity index (χ0n) is 18.4. The van der Waals surface area contributed by atoms with Gasteiger partial charge in [0.05, 0.1) is 12.3 Å². The quantitative estimate of drug-likeness (QED) is 0.544. The molecular weight excluding hydrogens is 408 g/mol. The first-order chi connectivity index (χ1) is 15.5. The molecule has 9 nitrogen and oxygen atoms in total. The van der Waals surface area contributed by atoms with Crippen molar-refractivity contribution in [2.75, 3.05) is 36.9 Å². The highest BCUT2D eigenvalue weighted by atomic mass is 16.5. The van der Waals surface area contributed by atoms with E-state index in [0.29, 0.717) is 36.6 Å². The largest absolute Gasteiger partial charge is 0.494 e. The standard InChI is InChI=1S/C23H28N6O3/c1-16(8-11-28-12-13-29(23(28)30)19-7-10-25-21(24)15-19)9-14-31-20-5-3-18(4-6-20)22-26-17(2)32-27-22/h3-7,10,15-16H,8-9,11-14H2,1-2H3,(H2,24,25). The van der Waals surface area contributed by atoms with Crippen LogP contribution in [0.25, 0.3) is 11.4 Å². The second kappa shape index (κ2) is 9.67. The number of aryl methyl sites for hydroxylation is 1. The van der Waals surface area contributed by atoms with Crippen molar-refractivity contribution < 1.29 is 14.1 Å². The van der Waals surface area contributed by atoms with E-state index in [-0.39, 0.29) is 6.03 Å². The molecule has 1 aliphatic rings. The van der Waals surface area contributed by atoms with E-state index in [0.717, 1.165) is 42.9 Å². The summed E-state index contributed by atoms with van der Waals surface area (Å²) < 4.78 is 10.9. The molecule has 1 atom stereocenters. The number of hydrogen-bond acceptors (Lipinski definition) is 7. The van der Waals surface area contributed by atoms with Crippen molar-refractivity contribution >= 4 is 17.5 Å². The van der Waals surface area contributed by atoms with Crippen LogP contribution in [0.4, 0.5) is 16.3 Å². The van der Waals surface area contributed by atoms with Crippen LogP contribution in [0.1, 0.15) is 25.7 Å². The van der Waals surface area contributed by atoms with Crippen LogP contribution in [-0.4, -0.2) is 52.3 Å². The molecule has 0 saturated carbocycles. The minimum atomic E-state index is 0.0240. The molecule has 1 aromatic carbocycles. The Kier molecular flexibility index (Phi) is 6.53. The van der Waals surface area contributed by atoms with E-state index >= 15 is 0 Å². The molecule has 0 aliphatic carbocycles.